The molecule has 0 N–H and O–H groups in total. The van der Waals surface area contributed by atoms with Crippen molar-refractivity contribution in [3.63, 3.8) is 0 Å². The Labute approximate surface area is 185 Å². The molecule has 156 valence electrons. The number of rotatable bonds is 6. The van der Waals surface area contributed by atoms with Crippen LogP contribution in [0.1, 0.15) is 23.1 Å². The van der Waals surface area contributed by atoms with Gasteiger partial charge in [-0.3, -0.25) is 4.79 Å². The van der Waals surface area contributed by atoms with Crippen molar-refractivity contribution in [1.82, 2.24) is 9.99 Å². The maximum absolute atomic E-state index is 13.1. The third kappa shape index (κ3) is 4.19. The summed E-state index contributed by atoms with van der Waals surface area (Å²) in [6.07, 6.45) is 3.76. The Morgan fingerprint density at radius 1 is 1.19 bits per heavy atom. The smallest absolute Gasteiger partial charge is 0.256 e. The van der Waals surface area contributed by atoms with Crippen LogP contribution in [0.25, 0.3) is 11.3 Å². The summed E-state index contributed by atoms with van der Waals surface area (Å²) in [5.74, 6) is 0.849. The predicted molar refractivity (Wildman–Crippen MR) is 116 cm³/mol. The summed E-state index contributed by atoms with van der Waals surface area (Å²) < 4.78 is 24.3. The molecule has 0 radical (unpaired) electrons. The van der Waals surface area contributed by atoms with Gasteiger partial charge < -0.3 is 8.83 Å². The minimum Gasteiger partial charge on any atom is -0.463 e. The fourth-order valence-electron chi connectivity index (χ4n) is 3.30. The van der Waals surface area contributed by atoms with E-state index in [4.69, 9.17) is 8.83 Å². The van der Waals surface area contributed by atoms with Gasteiger partial charge in [0.1, 0.15) is 17.3 Å². The van der Waals surface area contributed by atoms with Crippen LogP contribution in [0.2, 0.25) is 0 Å². The van der Waals surface area contributed by atoms with Crippen molar-refractivity contribution in [3.8, 4) is 11.3 Å². The lowest BCUT2D eigenvalue weighted by atomic mass is 10.1. The van der Waals surface area contributed by atoms with Crippen molar-refractivity contribution >= 4 is 34.7 Å². The van der Waals surface area contributed by atoms with Crippen molar-refractivity contribution in [2.24, 2.45) is 5.10 Å². The van der Waals surface area contributed by atoms with Gasteiger partial charge in [0.25, 0.3) is 11.1 Å². The Morgan fingerprint density at radius 2 is 2.06 bits per heavy atom. The standard InChI is InChI=1S/C22H16FN3O3S2/c23-15-7-5-14(6-8-15)19-12-24-22(29-19)31-13-21(27)26-17(20-4-2-10-30-20)11-16(25-26)18-3-1-9-28-18/h1-10,12,17H,11,13H2. The zero-order valence-corrected chi connectivity index (χ0v) is 17.7. The van der Waals surface area contributed by atoms with E-state index < -0.39 is 0 Å². The fourth-order valence-corrected chi connectivity index (χ4v) is 4.76. The first-order valence-corrected chi connectivity index (χ1v) is 11.4. The van der Waals surface area contributed by atoms with E-state index in [1.54, 1.807) is 42.0 Å². The number of hydrogen-bond donors (Lipinski definition) is 0. The highest BCUT2D eigenvalue weighted by Gasteiger charge is 2.34. The molecule has 31 heavy (non-hydrogen) atoms. The quantitative estimate of drug-likeness (QED) is 0.355. The Kier molecular flexibility index (Phi) is 5.44. The highest BCUT2D eigenvalue weighted by atomic mass is 32.2. The number of thioether (sulfide) groups is 1. The normalized spacial score (nSPS) is 16.0. The van der Waals surface area contributed by atoms with Crippen LogP contribution in [0.5, 0.6) is 0 Å². The molecule has 1 aromatic carbocycles. The molecule has 0 saturated carbocycles. The van der Waals surface area contributed by atoms with E-state index in [-0.39, 0.29) is 23.5 Å². The number of benzene rings is 1. The molecule has 1 unspecified atom stereocenters. The third-order valence-electron chi connectivity index (χ3n) is 4.78. The van der Waals surface area contributed by atoms with Gasteiger partial charge in [-0.15, -0.1) is 11.3 Å². The first kappa shape index (κ1) is 19.8. The number of amides is 1. The fraction of sp³-hybridized carbons (Fsp3) is 0.136. The van der Waals surface area contributed by atoms with Crippen LogP contribution in [0.4, 0.5) is 4.39 Å². The molecule has 0 fully saturated rings. The number of aromatic nitrogens is 1. The highest BCUT2D eigenvalue weighted by Crippen LogP contribution is 2.36. The van der Waals surface area contributed by atoms with Crippen molar-refractivity contribution in [2.75, 3.05) is 5.75 Å². The summed E-state index contributed by atoms with van der Waals surface area (Å²) in [5, 5.41) is 8.44. The first-order chi connectivity index (χ1) is 15.2. The molecule has 5 rings (SSSR count). The van der Waals surface area contributed by atoms with Gasteiger partial charge in [0, 0.05) is 16.9 Å². The lowest BCUT2D eigenvalue weighted by Crippen LogP contribution is -2.28. The Hall–Kier alpha value is -3.17. The monoisotopic (exact) mass is 453 g/mol. The minimum absolute atomic E-state index is 0.125. The number of hydrogen-bond acceptors (Lipinski definition) is 7. The molecule has 0 bridgehead atoms. The summed E-state index contributed by atoms with van der Waals surface area (Å²) in [4.78, 5) is 18.3. The molecule has 1 amide bonds. The van der Waals surface area contributed by atoms with Crippen LogP contribution < -0.4 is 0 Å². The van der Waals surface area contributed by atoms with Gasteiger partial charge in [-0.2, -0.15) is 5.10 Å². The predicted octanol–water partition coefficient (Wildman–Crippen LogP) is 5.61. The van der Waals surface area contributed by atoms with Gasteiger partial charge >= 0.3 is 0 Å². The van der Waals surface area contributed by atoms with E-state index >= 15 is 0 Å². The van der Waals surface area contributed by atoms with Crippen molar-refractivity contribution in [1.29, 1.82) is 0 Å². The highest BCUT2D eigenvalue weighted by molar-refractivity contribution is 7.99. The molecular formula is C22H16FN3O3S2. The summed E-state index contributed by atoms with van der Waals surface area (Å²) >= 11 is 2.79. The largest absolute Gasteiger partial charge is 0.463 e. The average molecular weight is 454 g/mol. The average Bonchev–Trinajstić information content (AvgIpc) is 3.58. The lowest BCUT2D eigenvalue weighted by Gasteiger charge is -2.20. The van der Waals surface area contributed by atoms with Gasteiger partial charge in [0.15, 0.2) is 5.76 Å². The third-order valence-corrected chi connectivity index (χ3v) is 6.58. The van der Waals surface area contributed by atoms with Gasteiger partial charge in [-0.05, 0) is 47.8 Å². The molecule has 0 aliphatic carbocycles. The van der Waals surface area contributed by atoms with Crippen LogP contribution in [0.15, 0.2) is 85.5 Å². The van der Waals surface area contributed by atoms with Gasteiger partial charge in [0.05, 0.1) is 24.3 Å². The molecule has 1 aliphatic rings. The number of halogens is 1. The molecule has 4 heterocycles. The Bertz CT molecular complexity index is 1200. The summed E-state index contributed by atoms with van der Waals surface area (Å²) in [6, 6.07) is 13.4. The second-order valence-corrected chi connectivity index (χ2v) is 8.69. The van der Waals surface area contributed by atoms with Crippen LogP contribution >= 0.6 is 23.1 Å². The van der Waals surface area contributed by atoms with E-state index in [2.05, 4.69) is 10.1 Å². The Morgan fingerprint density at radius 3 is 2.81 bits per heavy atom. The number of carbonyl (C=O) groups excluding carboxylic acids is 1. The summed E-state index contributed by atoms with van der Waals surface area (Å²) in [5.41, 5.74) is 1.47. The van der Waals surface area contributed by atoms with Crippen molar-refractivity contribution in [3.05, 3.63) is 82.8 Å². The summed E-state index contributed by atoms with van der Waals surface area (Å²) in [6.45, 7) is 0. The number of furan rings is 1. The lowest BCUT2D eigenvalue weighted by molar-refractivity contribution is -0.130. The van der Waals surface area contributed by atoms with E-state index in [1.807, 2.05) is 23.6 Å². The number of thiophene rings is 1. The van der Waals surface area contributed by atoms with Crippen LogP contribution in [0, 0.1) is 5.82 Å². The molecule has 0 spiro atoms. The van der Waals surface area contributed by atoms with Gasteiger partial charge in [-0.25, -0.2) is 14.4 Å². The van der Waals surface area contributed by atoms with Crippen molar-refractivity contribution < 1.29 is 18.0 Å². The number of hydrazone groups is 1. The molecular weight excluding hydrogens is 437 g/mol. The van der Waals surface area contributed by atoms with E-state index in [9.17, 15) is 9.18 Å². The second kappa shape index (κ2) is 8.52. The molecule has 4 aromatic rings. The number of nitrogens with zero attached hydrogens (tertiary/aromatic N) is 3. The molecule has 1 atom stereocenters. The van der Waals surface area contributed by atoms with Crippen molar-refractivity contribution in [2.45, 2.75) is 17.7 Å². The SMILES string of the molecule is O=C(CSc1ncc(-c2ccc(F)cc2)o1)N1N=C(c2ccco2)CC1c1cccs1. The molecule has 6 nitrogen and oxygen atoms in total. The number of oxazole rings is 1. The first-order valence-electron chi connectivity index (χ1n) is 9.49. The van der Waals surface area contributed by atoms with Gasteiger partial charge in [0.2, 0.25) is 0 Å². The zero-order valence-electron chi connectivity index (χ0n) is 16.1. The zero-order chi connectivity index (χ0) is 21.2. The van der Waals surface area contributed by atoms with Crippen LogP contribution in [-0.4, -0.2) is 27.4 Å². The molecule has 1 aliphatic heterocycles. The maximum Gasteiger partial charge on any atom is 0.256 e. The summed E-state index contributed by atoms with van der Waals surface area (Å²) in [7, 11) is 0. The minimum atomic E-state index is -0.316. The molecule has 3 aromatic heterocycles. The van der Waals surface area contributed by atoms with Crippen LogP contribution in [0.3, 0.4) is 0 Å². The van der Waals surface area contributed by atoms with E-state index in [1.165, 1.54) is 28.9 Å². The van der Waals surface area contributed by atoms with Crippen LogP contribution in [-0.2, 0) is 4.79 Å². The van der Waals surface area contributed by atoms with E-state index in [0.29, 0.717) is 23.2 Å². The second-order valence-electron chi connectivity index (χ2n) is 6.78. The molecule has 9 heteroatoms. The van der Waals surface area contributed by atoms with Gasteiger partial charge in [-0.1, -0.05) is 17.8 Å². The number of carbonyl (C=O) groups is 1. The molecule has 0 saturated heterocycles. The van der Waals surface area contributed by atoms with E-state index in [0.717, 1.165) is 16.2 Å². The maximum atomic E-state index is 13.1. The topological polar surface area (TPSA) is 71.8 Å². The Balaban J connectivity index is 1.30.